The van der Waals surface area contributed by atoms with Crippen molar-refractivity contribution in [2.45, 2.75) is 45.4 Å². The van der Waals surface area contributed by atoms with E-state index in [0.29, 0.717) is 5.95 Å². The Bertz CT molecular complexity index is 1160. The first kappa shape index (κ1) is 22.5. The summed E-state index contributed by atoms with van der Waals surface area (Å²) in [7, 11) is 0. The SMILES string of the molecule is CCCCCCCCOc1ccc(/C=N/Nc2nnnn2-c2cccc3ccccc23)cc1. The van der Waals surface area contributed by atoms with Crippen molar-refractivity contribution in [1.29, 1.82) is 0 Å². The van der Waals surface area contributed by atoms with Crippen LogP contribution in [0, 0.1) is 0 Å². The van der Waals surface area contributed by atoms with Crippen LogP contribution in [0.15, 0.2) is 71.8 Å². The van der Waals surface area contributed by atoms with Crippen molar-refractivity contribution < 1.29 is 4.74 Å². The van der Waals surface area contributed by atoms with E-state index in [9.17, 15) is 0 Å². The Kier molecular flexibility index (Phi) is 8.00. The van der Waals surface area contributed by atoms with Gasteiger partial charge in [0.25, 0.3) is 5.95 Å². The first-order valence-electron chi connectivity index (χ1n) is 11.6. The smallest absolute Gasteiger partial charge is 0.268 e. The number of nitrogens with zero attached hydrogens (tertiary/aromatic N) is 5. The van der Waals surface area contributed by atoms with Gasteiger partial charge in [-0.05, 0) is 58.1 Å². The molecule has 0 atom stereocenters. The van der Waals surface area contributed by atoms with E-state index < -0.39 is 0 Å². The minimum Gasteiger partial charge on any atom is -0.494 e. The quantitative estimate of drug-likeness (QED) is 0.165. The molecule has 0 aliphatic heterocycles. The number of ether oxygens (including phenoxy) is 1. The number of hydrogen-bond acceptors (Lipinski definition) is 6. The number of aromatic nitrogens is 4. The standard InChI is InChI=1S/C26H30N6O/c1-2-3-4-5-6-9-19-33-23-17-15-21(16-18-23)20-27-28-26-29-30-31-32(26)25-14-10-12-22-11-7-8-13-24(22)25/h7-8,10-18,20H,2-6,9,19H2,1H3,(H,28,29,31)/b27-20+. The molecule has 0 unspecified atom stereocenters. The van der Waals surface area contributed by atoms with Crippen molar-refractivity contribution in [2.75, 3.05) is 12.0 Å². The van der Waals surface area contributed by atoms with E-state index >= 15 is 0 Å². The molecule has 7 nitrogen and oxygen atoms in total. The molecule has 0 bridgehead atoms. The molecule has 1 heterocycles. The summed E-state index contributed by atoms with van der Waals surface area (Å²) in [5.74, 6) is 1.33. The highest BCUT2D eigenvalue weighted by Crippen LogP contribution is 2.23. The number of hydrogen-bond donors (Lipinski definition) is 1. The Labute approximate surface area is 194 Å². The molecule has 0 fully saturated rings. The summed E-state index contributed by atoms with van der Waals surface area (Å²) in [6.45, 7) is 3.00. The van der Waals surface area contributed by atoms with Crippen LogP contribution in [0.5, 0.6) is 5.75 Å². The van der Waals surface area contributed by atoms with Gasteiger partial charge >= 0.3 is 0 Å². The summed E-state index contributed by atoms with van der Waals surface area (Å²) >= 11 is 0. The number of rotatable bonds is 12. The van der Waals surface area contributed by atoms with Crippen molar-refractivity contribution in [1.82, 2.24) is 20.2 Å². The van der Waals surface area contributed by atoms with E-state index in [1.54, 1.807) is 10.9 Å². The monoisotopic (exact) mass is 442 g/mol. The van der Waals surface area contributed by atoms with Gasteiger partial charge in [0.2, 0.25) is 0 Å². The second kappa shape index (κ2) is 11.8. The van der Waals surface area contributed by atoms with Gasteiger partial charge in [0.1, 0.15) is 5.75 Å². The largest absolute Gasteiger partial charge is 0.494 e. The molecule has 0 aliphatic rings. The second-order valence-electron chi connectivity index (χ2n) is 7.97. The highest BCUT2D eigenvalue weighted by atomic mass is 16.5. The van der Waals surface area contributed by atoms with E-state index in [0.717, 1.165) is 40.8 Å². The average Bonchev–Trinajstić information content (AvgIpc) is 3.32. The van der Waals surface area contributed by atoms with Gasteiger partial charge in [-0.25, -0.2) is 5.43 Å². The fraction of sp³-hybridized carbons (Fsp3) is 0.308. The minimum atomic E-state index is 0.446. The maximum absolute atomic E-state index is 5.84. The molecular formula is C26H30N6O. The molecule has 0 saturated carbocycles. The van der Waals surface area contributed by atoms with E-state index in [1.807, 2.05) is 48.5 Å². The lowest BCUT2D eigenvalue weighted by atomic mass is 10.1. The summed E-state index contributed by atoms with van der Waals surface area (Å²) < 4.78 is 7.49. The topological polar surface area (TPSA) is 77.2 Å². The predicted octanol–water partition coefficient (Wildman–Crippen LogP) is 6.00. The summed E-state index contributed by atoms with van der Waals surface area (Å²) in [6.07, 6.45) is 9.30. The third kappa shape index (κ3) is 6.16. The van der Waals surface area contributed by atoms with Gasteiger partial charge in [-0.3, -0.25) is 0 Å². The van der Waals surface area contributed by atoms with E-state index in [-0.39, 0.29) is 0 Å². The van der Waals surface area contributed by atoms with Crippen LogP contribution in [0.2, 0.25) is 0 Å². The molecule has 170 valence electrons. The van der Waals surface area contributed by atoms with Crippen LogP contribution in [-0.2, 0) is 0 Å². The molecule has 0 amide bonds. The van der Waals surface area contributed by atoms with Gasteiger partial charge in [-0.1, -0.05) is 80.5 Å². The molecule has 0 saturated heterocycles. The maximum Gasteiger partial charge on any atom is 0.268 e. The van der Waals surface area contributed by atoms with Crippen LogP contribution in [0.4, 0.5) is 5.95 Å². The normalized spacial score (nSPS) is 11.3. The van der Waals surface area contributed by atoms with Crippen molar-refractivity contribution in [3.05, 3.63) is 72.3 Å². The summed E-state index contributed by atoms with van der Waals surface area (Å²) in [5.41, 5.74) is 4.80. The van der Waals surface area contributed by atoms with E-state index in [2.05, 4.69) is 51.2 Å². The van der Waals surface area contributed by atoms with Crippen LogP contribution < -0.4 is 10.2 Å². The minimum absolute atomic E-state index is 0.446. The zero-order chi connectivity index (χ0) is 22.7. The van der Waals surface area contributed by atoms with Gasteiger partial charge in [0, 0.05) is 5.39 Å². The number of benzene rings is 3. The number of anilines is 1. The first-order valence-corrected chi connectivity index (χ1v) is 11.6. The molecule has 1 N–H and O–H groups in total. The van der Waals surface area contributed by atoms with Crippen LogP contribution >= 0.6 is 0 Å². The van der Waals surface area contributed by atoms with Crippen LogP contribution in [0.25, 0.3) is 16.5 Å². The number of hydrazone groups is 1. The molecule has 7 heteroatoms. The van der Waals surface area contributed by atoms with Gasteiger partial charge < -0.3 is 4.74 Å². The number of tetrazole rings is 1. The first-order chi connectivity index (χ1) is 16.3. The van der Waals surface area contributed by atoms with Gasteiger partial charge in [-0.15, -0.1) is 0 Å². The van der Waals surface area contributed by atoms with E-state index in [4.69, 9.17) is 4.74 Å². The van der Waals surface area contributed by atoms with Crippen LogP contribution in [-0.4, -0.2) is 33.0 Å². The Hall–Kier alpha value is -3.74. The fourth-order valence-corrected chi connectivity index (χ4v) is 3.70. The third-order valence-electron chi connectivity index (χ3n) is 5.49. The van der Waals surface area contributed by atoms with Gasteiger partial charge in [0.05, 0.1) is 18.5 Å². The maximum atomic E-state index is 5.84. The number of fused-ring (bicyclic) bond motifs is 1. The molecule has 4 aromatic rings. The molecule has 1 aromatic heterocycles. The Balaban J connectivity index is 1.31. The lowest BCUT2D eigenvalue weighted by Crippen LogP contribution is -2.04. The van der Waals surface area contributed by atoms with Crippen molar-refractivity contribution >= 4 is 22.9 Å². The fourth-order valence-electron chi connectivity index (χ4n) is 3.70. The molecule has 3 aromatic carbocycles. The van der Waals surface area contributed by atoms with Crippen LogP contribution in [0.1, 0.15) is 51.0 Å². The Morgan fingerprint density at radius 1 is 0.909 bits per heavy atom. The molecule has 0 aliphatic carbocycles. The lowest BCUT2D eigenvalue weighted by molar-refractivity contribution is 0.304. The van der Waals surface area contributed by atoms with Gasteiger partial charge in [-0.2, -0.15) is 9.78 Å². The number of unbranched alkanes of at least 4 members (excludes halogenated alkanes) is 5. The average molecular weight is 443 g/mol. The lowest BCUT2D eigenvalue weighted by Gasteiger charge is -2.07. The van der Waals surface area contributed by atoms with Gasteiger partial charge in [0.15, 0.2) is 0 Å². The zero-order valence-corrected chi connectivity index (χ0v) is 19.0. The Morgan fingerprint density at radius 2 is 1.70 bits per heavy atom. The summed E-state index contributed by atoms with van der Waals surface area (Å²) in [6, 6.07) is 22.1. The highest BCUT2D eigenvalue weighted by Gasteiger charge is 2.10. The molecule has 0 radical (unpaired) electrons. The second-order valence-corrected chi connectivity index (χ2v) is 7.97. The summed E-state index contributed by atoms with van der Waals surface area (Å²) in [4.78, 5) is 0. The molecule has 4 rings (SSSR count). The highest BCUT2D eigenvalue weighted by molar-refractivity contribution is 5.90. The third-order valence-corrected chi connectivity index (χ3v) is 5.49. The number of nitrogens with one attached hydrogen (secondary N) is 1. The van der Waals surface area contributed by atoms with Crippen molar-refractivity contribution in [3.8, 4) is 11.4 Å². The summed E-state index contributed by atoms with van der Waals surface area (Å²) in [5, 5.41) is 18.5. The van der Waals surface area contributed by atoms with Crippen LogP contribution in [0.3, 0.4) is 0 Å². The Morgan fingerprint density at radius 3 is 2.58 bits per heavy atom. The van der Waals surface area contributed by atoms with E-state index in [1.165, 1.54) is 32.1 Å². The molecular weight excluding hydrogens is 412 g/mol. The zero-order valence-electron chi connectivity index (χ0n) is 19.0. The van der Waals surface area contributed by atoms with Crippen molar-refractivity contribution in [2.24, 2.45) is 5.10 Å². The molecule has 0 spiro atoms. The predicted molar refractivity (Wildman–Crippen MR) is 133 cm³/mol. The molecule has 33 heavy (non-hydrogen) atoms. The van der Waals surface area contributed by atoms with Crippen molar-refractivity contribution in [3.63, 3.8) is 0 Å².